The summed E-state index contributed by atoms with van der Waals surface area (Å²) in [6.07, 6.45) is 2.45. The van der Waals surface area contributed by atoms with Crippen LogP contribution < -0.4 is 10.9 Å². The van der Waals surface area contributed by atoms with Crippen LogP contribution in [-0.2, 0) is 11.3 Å². The molecule has 2 rings (SSSR count). The molecule has 0 saturated heterocycles. The van der Waals surface area contributed by atoms with E-state index in [9.17, 15) is 23.9 Å². The molecule has 0 aliphatic heterocycles. The van der Waals surface area contributed by atoms with Crippen LogP contribution in [0, 0.1) is 11.2 Å². The number of fused-ring (bicyclic) bond motifs is 1. The van der Waals surface area contributed by atoms with Gasteiger partial charge in [-0.15, -0.1) is 0 Å². The lowest BCUT2D eigenvalue weighted by molar-refractivity contribution is -0.135. The van der Waals surface area contributed by atoms with Crippen LogP contribution in [-0.4, -0.2) is 33.2 Å². The lowest BCUT2D eigenvalue weighted by Gasteiger charge is -2.18. The van der Waals surface area contributed by atoms with E-state index >= 15 is 0 Å². The van der Waals surface area contributed by atoms with E-state index in [2.05, 4.69) is 26.1 Å². The molecule has 0 saturated carbocycles. The first-order valence-corrected chi connectivity index (χ1v) is 9.06. The van der Waals surface area contributed by atoms with Gasteiger partial charge in [0.2, 0.25) is 0 Å². The molecule has 0 unspecified atom stereocenters. The number of aromatic hydroxyl groups is 1. The number of carbonyl (C=O) groups excluding carboxylic acids is 1. The average Bonchev–Trinajstić information content (AvgIpc) is 2.58. The maximum Gasteiger partial charge on any atom is 0.322 e. The summed E-state index contributed by atoms with van der Waals surface area (Å²) in [6.45, 7) is 5.93. The van der Waals surface area contributed by atoms with Crippen molar-refractivity contribution in [1.29, 1.82) is 0 Å². The highest BCUT2D eigenvalue weighted by molar-refractivity contribution is 6.03. The molecular weight excluding hydrogens is 367 g/mol. The highest BCUT2D eigenvalue weighted by atomic mass is 19.1. The summed E-state index contributed by atoms with van der Waals surface area (Å²) < 4.78 is 15.0. The van der Waals surface area contributed by atoms with Crippen molar-refractivity contribution in [2.75, 3.05) is 6.54 Å². The van der Waals surface area contributed by atoms with Crippen LogP contribution in [0.3, 0.4) is 0 Å². The Labute approximate surface area is 161 Å². The van der Waals surface area contributed by atoms with E-state index in [-0.39, 0.29) is 17.3 Å². The highest BCUT2D eigenvalue weighted by Crippen LogP contribution is 2.28. The van der Waals surface area contributed by atoms with Crippen molar-refractivity contribution < 1.29 is 24.2 Å². The number of nitrogens with one attached hydrogen (secondary N) is 1. The minimum absolute atomic E-state index is 0.0240. The van der Waals surface area contributed by atoms with E-state index in [1.54, 1.807) is 0 Å². The Balaban J connectivity index is 2.47. The molecule has 0 atom stereocenters. The number of carbonyl (C=O) groups is 2. The molecular formula is C20H25FN2O5. The molecule has 1 amide bonds. The first-order chi connectivity index (χ1) is 13.0. The zero-order valence-electron chi connectivity index (χ0n) is 16.2. The standard InChI is InChI=1S/C20H25FN2O5/c1-20(2,3)8-4-5-9-23-14-7-6-12(21)10-13(14)17(26)16(19(23)28)18(27)22-11-15(24)25/h6-7,10,26H,4-5,8-9,11H2,1-3H3,(H,22,27)(H,24,25). The van der Waals surface area contributed by atoms with Crippen LogP contribution in [0.15, 0.2) is 23.0 Å². The molecule has 7 nitrogen and oxygen atoms in total. The number of amides is 1. The maximum atomic E-state index is 13.7. The predicted molar refractivity (Wildman–Crippen MR) is 103 cm³/mol. The summed E-state index contributed by atoms with van der Waals surface area (Å²) in [7, 11) is 0. The summed E-state index contributed by atoms with van der Waals surface area (Å²) in [5.41, 5.74) is -0.868. The number of unbranched alkanes of at least 4 members (excludes halogenated alkanes) is 1. The molecule has 0 aliphatic rings. The van der Waals surface area contributed by atoms with E-state index in [1.165, 1.54) is 16.7 Å². The number of pyridine rings is 1. The summed E-state index contributed by atoms with van der Waals surface area (Å²) in [5.74, 6) is -3.59. The third-order valence-electron chi connectivity index (χ3n) is 4.39. The fourth-order valence-corrected chi connectivity index (χ4v) is 3.01. The minimum atomic E-state index is -1.29. The van der Waals surface area contributed by atoms with Gasteiger partial charge in [-0.3, -0.25) is 14.4 Å². The van der Waals surface area contributed by atoms with Crippen LogP contribution >= 0.6 is 0 Å². The third kappa shape index (κ3) is 5.09. The monoisotopic (exact) mass is 392 g/mol. The van der Waals surface area contributed by atoms with Crippen LogP contribution in [0.1, 0.15) is 50.4 Å². The minimum Gasteiger partial charge on any atom is -0.506 e. The molecule has 0 radical (unpaired) electrons. The number of nitrogens with zero attached hydrogens (tertiary/aromatic N) is 1. The first kappa shape index (κ1) is 21.4. The van der Waals surface area contributed by atoms with Crippen molar-refractivity contribution in [3.8, 4) is 5.75 Å². The molecule has 3 N–H and O–H groups in total. The number of carboxylic acid groups (broad SMARTS) is 1. The Hall–Kier alpha value is -2.90. The molecule has 0 spiro atoms. The number of hydrogen-bond acceptors (Lipinski definition) is 4. The van der Waals surface area contributed by atoms with Crippen LogP contribution in [0.4, 0.5) is 4.39 Å². The fraction of sp³-hybridized carbons (Fsp3) is 0.450. The van der Waals surface area contributed by atoms with Crippen molar-refractivity contribution in [2.24, 2.45) is 5.41 Å². The van der Waals surface area contributed by atoms with Gasteiger partial charge in [0.15, 0.2) is 0 Å². The van der Waals surface area contributed by atoms with Crippen molar-refractivity contribution >= 4 is 22.8 Å². The summed E-state index contributed by atoms with van der Waals surface area (Å²) in [6, 6.07) is 3.61. The van der Waals surface area contributed by atoms with Gasteiger partial charge in [-0.05, 0) is 36.5 Å². The second-order valence-corrected chi connectivity index (χ2v) is 7.94. The number of benzene rings is 1. The van der Waals surface area contributed by atoms with Crippen molar-refractivity contribution in [3.63, 3.8) is 0 Å². The van der Waals surface area contributed by atoms with Gasteiger partial charge in [-0.1, -0.05) is 27.2 Å². The Morgan fingerprint density at radius 2 is 1.89 bits per heavy atom. The maximum absolute atomic E-state index is 13.7. The van der Waals surface area contributed by atoms with Gasteiger partial charge in [-0.25, -0.2) is 4.39 Å². The number of hydrogen-bond donors (Lipinski definition) is 3. The first-order valence-electron chi connectivity index (χ1n) is 9.06. The lowest BCUT2D eigenvalue weighted by atomic mass is 9.90. The van der Waals surface area contributed by atoms with Crippen LogP contribution in [0.25, 0.3) is 10.9 Å². The molecule has 1 aromatic heterocycles. The number of rotatable bonds is 7. The SMILES string of the molecule is CC(C)(C)CCCCn1c(=O)c(C(=O)NCC(=O)O)c(O)c2cc(F)ccc21. The second-order valence-electron chi connectivity index (χ2n) is 7.94. The predicted octanol–water partition coefficient (Wildman–Crippen LogP) is 2.88. The zero-order valence-corrected chi connectivity index (χ0v) is 16.2. The van der Waals surface area contributed by atoms with Gasteiger partial charge in [0.25, 0.3) is 11.5 Å². The number of aromatic nitrogens is 1. The Morgan fingerprint density at radius 1 is 1.21 bits per heavy atom. The van der Waals surface area contributed by atoms with Gasteiger partial charge < -0.3 is 20.1 Å². The van der Waals surface area contributed by atoms with Gasteiger partial charge in [0.05, 0.1) is 5.52 Å². The second kappa shape index (κ2) is 8.41. The highest BCUT2D eigenvalue weighted by Gasteiger charge is 2.23. The quantitative estimate of drug-likeness (QED) is 0.628. The molecule has 28 heavy (non-hydrogen) atoms. The zero-order chi connectivity index (χ0) is 21.1. The topological polar surface area (TPSA) is 109 Å². The molecule has 0 bridgehead atoms. The van der Waals surface area contributed by atoms with E-state index in [1.807, 2.05) is 0 Å². The molecule has 0 aliphatic carbocycles. The number of aliphatic carboxylic acids is 1. The van der Waals surface area contributed by atoms with Gasteiger partial charge in [0.1, 0.15) is 23.7 Å². The summed E-state index contributed by atoms with van der Waals surface area (Å²) in [5, 5.41) is 21.2. The molecule has 152 valence electrons. The van der Waals surface area contributed by atoms with E-state index in [0.717, 1.165) is 18.9 Å². The fourth-order valence-electron chi connectivity index (χ4n) is 3.01. The number of aryl methyl sites for hydroxylation is 1. The van der Waals surface area contributed by atoms with Crippen LogP contribution in [0.2, 0.25) is 0 Å². The van der Waals surface area contributed by atoms with E-state index in [4.69, 9.17) is 5.11 Å². The lowest BCUT2D eigenvalue weighted by Crippen LogP contribution is -2.36. The summed E-state index contributed by atoms with van der Waals surface area (Å²) >= 11 is 0. The van der Waals surface area contributed by atoms with Gasteiger partial charge >= 0.3 is 5.97 Å². The largest absolute Gasteiger partial charge is 0.506 e. The van der Waals surface area contributed by atoms with Crippen molar-refractivity contribution in [3.05, 3.63) is 39.9 Å². The molecule has 8 heteroatoms. The van der Waals surface area contributed by atoms with Gasteiger partial charge in [-0.2, -0.15) is 0 Å². The average molecular weight is 392 g/mol. The molecule has 1 aromatic carbocycles. The Bertz CT molecular complexity index is 960. The number of halogens is 1. The number of carboxylic acids is 1. The smallest absolute Gasteiger partial charge is 0.322 e. The van der Waals surface area contributed by atoms with Gasteiger partial charge in [0, 0.05) is 11.9 Å². The molecule has 1 heterocycles. The molecule has 0 fully saturated rings. The normalized spacial score (nSPS) is 11.6. The van der Waals surface area contributed by atoms with E-state index < -0.39 is 41.1 Å². The van der Waals surface area contributed by atoms with Crippen LogP contribution in [0.5, 0.6) is 5.75 Å². The Morgan fingerprint density at radius 3 is 2.50 bits per heavy atom. The van der Waals surface area contributed by atoms with Crippen molar-refractivity contribution in [2.45, 2.75) is 46.6 Å². The Kier molecular flexibility index (Phi) is 6.43. The molecule has 2 aromatic rings. The third-order valence-corrected chi connectivity index (χ3v) is 4.39. The summed E-state index contributed by atoms with van der Waals surface area (Å²) in [4.78, 5) is 35.8. The van der Waals surface area contributed by atoms with Crippen molar-refractivity contribution in [1.82, 2.24) is 9.88 Å². The van der Waals surface area contributed by atoms with E-state index in [0.29, 0.717) is 11.9 Å².